The van der Waals surface area contributed by atoms with E-state index in [2.05, 4.69) is 45.4 Å². The molecule has 0 aromatic heterocycles. The van der Waals surface area contributed by atoms with Crippen LogP contribution in [-0.2, 0) is 25.7 Å². The Bertz CT molecular complexity index is 1070. The van der Waals surface area contributed by atoms with Crippen LogP contribution in [0.4, 0.5) is 4.79 Å². The summed E-state index contributed by atoms with van der Waals surface area (Å²) in [5.41, 5.74) is -3.60. The van der Waals surface area contributed by atoms with Crippen molar-refractivity contribution in [1.82, 2.24) is 15.5 Å². The van der Waals surface area contributed by atoms with Crippen LogP contribution in [0, 0.1) is 8.99 Å². The SMILES string of the molecule is CC(C)(C)OC(=O)[C@H](CCCCNCc1ccc(I)cc1)NC(=O)N(C(C)(C)C)[C@@](CCC(=O)O)(C(=O)O)C(C)(C)C. The lowest BCUT2D eigenvalue weighted by Crippen LogP contribution is -2.71. The molecule has 0 saturated heterocycles. The zero-order valence-corrected chi connectivity index (χ0v) is 28.8. The van der Waals surface area contributed by atoms with Gasteiger partial charge in [0, 0.05) is 22.1 Å². The Labute approximate surface area is 264 Å². The minimum atomic E-state index is -1.88. The van der Waals surface area contributed by atoms with Crippen LogP contribution >= 0.6 is 22.6 Å². The number of hydrogen-bond donors (Lipinski definition) is 4. The van der Waals surface area contributed by atoms with Crippen molar-refractivity contribution in [1.29, 1.82) is 0 Å². The molecule has 0 aliphatic rings. The molecule has 11 heteroatoms. The molecule has 2 amide bonds. The van der Waals surface area contributed by atoms with Crippen molar-refractivity contribution in [2.24, 2.45) is 5.41 Å². The van der Waals surface area contributed by atoms with E-state index in [4.69, 9.17) is 4.74 Å². The van der Waals surface area contributed by atoms with Crippen LogP contribution in [0.2, 0.25) is 0 Å². The largest absolute Gasteiger partial charge is 0.481 e. The maximum absolute atomic E-state index is 14.0. The number of nitrogens with one attached hydrogen (secondary N) is 2. The smallest absolute Gasteiger partial charge is 0.330 e. The van der Waals surface area contributed by atoms with E-state index in [1.54, 1.807) is 62.3 Å². The quantitative estimate of drug-likeness (QED) is 0.108. The van der Waals surface area contributed by atoms with Crippen molar-refractivity contribution in [3.8, 4) is 0 Å². The Hall–Kier alpha value is -2.41. The molecule has 42 heavy (non-hydrogen) atoms. The Balaban J connectivity index is 3.20. The second kappa shape index (κ2) is 15.4. The Kier molecular flexibility index (Phi) is 13.8. The lowest BCUT2D eigenvalue weighted by molar-refractivity contribution is -0.164. The van der Waals surface area contributed by atoms with Crippen LogP contribution in [0.5, 0.6) is 0 Å². The van der Waals surface area contributed by atoms with Gasteiger partial charge in [0.25, 0.3) is 0 Å². The molecule has 0 bridgehead atoms. The summed E-state index contributed by atoms with van der Waals surface area (Å²) in [5.74, 6) is -3.09. The van der Waals surface area contributed by atoms with Crippen LogP contribution in [0.25, 0.3) is 0 Å². The van der Waals surface area contributed by atoms with Gasteiger partial charge in [-0.05, 0) is 119 Å². The van der Waals surface area contributed by atoms with Crippen molar-refractivity contribution in [3.05, 3.63) is 33.4 Å². The van der Waals surface area contributed by atoms with E-state index >= 15 is 0 Å². The van der Waals surface area contributed by atoms with E-state index in [1.165, 1.54) is 14.0 Å². The highest BCUT2D eigenvalue weighted by Gasteiger charge is 2.58. The minimum Gasteiger partial charge on any atom is -0.481 e. The summed E-state index contributed by atoms with van der Waals surface area (Å²) in [4.78, 5) is 52.9. The number of rotatable bonds is 14. The third kappa shape index (κ3) is 11.3. The molecule has 2 atom stereocenters. The molecule has 0 fully saturated rings. The molecule has 0 unspecified atom stereocenters. The predicted molar refractivity (Wildman–Crippen MR) is 171 cm³/mol. The molecule has 1 aromatic carbocycles. The third-order valence-corrected chi connectivity index (χ3v) is 7.60. The van der Waals surface area contributed by atoms with E-state index in [0.29, 0.717) is 19.5 Å². The number of nitrogens with zero attached hydrogens (tertiary/aromatic N) is 1. The molecule has 1 aromatic rings. The number of halogens is 1. The maximum atomic E-state index is 14.0. The van der Waals surface area contributed by atoms with Crippen molar-refractivity contribution < 1.29 is 34.1 Å². The number of amides is 2. The number of benzene rings is 1. The van der Waals surface area contributed by atoms with E-state index in [1.807, 2.05) is 12.1 Å². The number of ether oxygens (including phenoxy) is 1. The number of urea groups is 1. The van der Waals surface area contributed by atoms with Crippen LogP contribution in [0.15, 0.2) is 24.3 Å². The molecule has 0 spiro atoms. The number of carbonyl (C=O) groups excluding carboxylic acids is 2. The Morgan fingerprint density at radius 1 is 0.929 bits per heavy atom. The number of aliphatic carboxylic acids is 2. The summed E-state index contributed by atoms with van der Waals surface area (Å²) in [7, 11) is 0. The van der Waals surface area contributed by atoms with Gasteiger partial charge in [0.05, 0.1) is 0 Å². The zero-order valence-electron chi connectivity index (χ0n) is 26.6. The van der Waals surface area contributed by atoms with Gasteiger partial charge in [0.15, 0.2) is 0 Å². The van der Waals surface area contributed by atoms with E-state index < -0.39 is 58.5 Å². The highest BCUT2D eigenvalue weighted by molar-refractivity contribution is 14.1. The van der Waals surface area contributed by atoms with Crippen LogP contribution in [-0.4, -0.2) is 68.3 Å². The zero-order chi connectivity index (χ0) is 32.5. The first-order valence-electron chi connectivity index (χ1n) is 14.4. The molecule has 0 saturated carbocycles. The van der Waals surface area contributed by atoms with E-state index in [9.17, 15) is 29.4 Å². The summed E-state index contributed by atoms with van der Waals surface area (Å²) in [6.07, 6.45) is 0.863. The van der Waals surface area contributed by atoms with Crippen molar-refractivity contribution >= 4 is 46.5 Å². The number of unbranched alkanes of at least 4 members (excludes halogenated alkanes) is 1. The molecule has 0 aliphatic heterocycles. The monoisotopic (exact) mass is 703 g/mol. The van der Waals surface area contributed by atoms with Gasteiger partial charge < -0.3 is 30.5 Å². The molecule has 1 rings (SSSR count). The fourth-order valence-corrected chi connectivity index (χ4v) is 5.31. The van der Waals surface area contributed by atoms with Gasteiger partial charge in [-0.2, -0.15) is 0 Å². The standard InChI is InChI=1S/C31H50IN3O7/c1-28(2,3)31(26(39)40,18-17-24(36)37)35(29(4,5)6)27(41)34-23(25(38)42-30(7,8)9)12-10-11-19-33-20-21-13-15-22(32)16-14-21/h13-16,23,33H,10-12,17-20H2,1-9H3,(H,34,41)(H,36,37)(H,39,40)/t23-,31-/m0/s1. The molecule has 0 aliphatic carbocycles. The molecular formula is C31H50IN3O7. The van der Waals surface area contributed by atoms with E-state index in [-0.39, 0.29) is 12.8 Å². The number of carboxylic acid groups (broad SMARTS) is 2. The van der Waals surface area contributed by atoms with Crippen LogP contribution < -0.4 is 10.6 Å². The van der Waals surface area contributed by atoms with Crippen molar-refractivity contribution in [2.45, 2.75) is 124 Å². The Morgan fingerprint density at radius 2 is 1.50 bits per heavy atom. The summed E-state index contributed by atoms with van der Waals surface area (Å²) >= 11 is 2.26. The summed E-state index contributed by atoms with van der Waals surface area (Å²) in [6.45, 7) is 16.7. The highest BCUT2D eigenvalue weighted by Crippen LogP contribution is 2.43. The van der Waals surface area contributed by atoms with Crippen molar-refractivity contribution in [3.63, 3.8) is 0 Å². The minimum absolute atomic E-state index is 0.286. The van der Waals surface area contributed by atoms with Gasteiger partial charge in [-0.1, -0.05) is 32.9 Å². The number of carboxylic acids is 2. The average Bonchev–Trinajstić information content (AvgIpc) is 2.80. The second-order valence-electron chi connectivity index (χ2n) is 13.6. The Morgan fingerprint density at radius 3 is 1.95 bits per heavy atom. The van der Waals surface area contributed by atoms with Crippen LogP contribution in [0.1, 0.15) is 100.0 Å². The molecule has 10 nitrogen and oxygen atoms in total. The van der Waals surface area contributed by atoms with Gasteiger partial charge in [-0.15, -0.1) is 0 Å². The first kappa shape index (κ1) is 37.6. The van der Waals surface area contributed by atoms with Gasteiger partial charge in [0.1, 0.15) is 17.2 Å². The van der Waals surface area contributed by atoms with E-state index in [0.717, 1.165) is 6.42 Å². The summed E-state index contributed by atoms with van der Waals surface area (Å²) in [5, 5.41) is 26.1. The van der Waals surface area contributed by atoms with Gasteiger partial charge in [-0.25, -0.2) is 14.4 Å². The highest BCUT2D eigenvalue weighted by atomic mass is 127. The average molecular weight is 704 g/mol. The molecule has 0 heterocycles. The lowest BCUT2D eigenvalue weighted by atomic mass is 9.68. The number of hydrogen-bond acceptors (Lipinski definition) is 6. The third-order valence-electron chi connectivity index (χ3n) is 6.88. The van der Waals surface area contributed by atoms with Crippen molar-refractivity contribution in [2.75, 3.05) is 6.54 Å². The number of esters is 1. The maximum Gasteiger partial charge on any atom is 0.330 e. The van der Waals surface area contributed by atoms with Gasteiger partial charge in [0.2, 0.25) is 0 Å². The topological polar surface area (TPSA) is 145 Å². The normalized spacial score (nSPS) is 14.4. The fourth-order valence-electron chi connectivity index (χ4n) is 4.95. The molecular weight excluding hydrogens is 653 g/mol. The van der Waals surface area contributed by atoms with Crippen LogP contribution in [0.3, 0.4) is 0 Å². The molecule has 238 valence electrons. The fraction of sp³-hybridized carbons (Fsp3) is 0.677. The first-order valence-corrected chi connectivity index (χ1v) is 15.4. The van der Waals surface area contributed by atoms with Gasteiger partial charge >= 0.3 is 23.9 Å². The lowest BCUT2D eigenvalue weighted by Gasteiger charge is -2.54. The second-order valence-corrected chi connectivity index (χ2v) is 14.9. The predicted octanol–water partition coefficient (Wildman–Crippen LogP) is 5.81. The van der Waals surface area contributed by atoms with Gasteiger partial charge in [-0.3, -0.25) is 4.79 Å². The molecule has 4 N–H and O–H groups in total. The number of carbonyl (C=O) groups is 4. The summed E-state index contributed by atoms with van der Waals surface area (Å²) < 4.78 is 6.78. The molecule has 0 radical (unpaired) electrons. The summed E-state index contributed by atoms with van der Waals surface area (Å²) in [6, 6.07) is 6.44. The first-order chi connectivity index (χ1) is 19.1.